The van der Waals surface area contributed by atoms with Crippen LogP contribution in [0.2, 0.25) is 5.28 Å². The summed E-state index contributed by atoms with van der Waals surface area (Å²) in [6.07, 6.45) is 0. The van der Waals surface area contributed by atoms with E-state index in [1.165, 1.54) is 11.1 Å². The molecular weight excluding hydrogens is 351 g/mol. The molecule has 0 N–H and O–H groups in total. The lowest BCUT2D eigenvalue weighted by molar-refractivity contribution is 0.491. The first kappa shape index (κ1) is 20.3. The Bertz CT molecular complexity index is 403. The number of hydrogen-bond acceptors (Lipinski definition) is 1. The lowest BCUT2D eigenvalue weighted by atomic mass is 9.80. The Labute approximate surface area is 142 Å². The summed E-state index contributed by atoms with van der Waals surface area (Å²) in [6.45, 7) is 15.7. The van der Waals surface area contributed by atoms with Crippen LogP contribution in [0, 0.1) is 0 Å². The minimum absolute atomic E-state index is 0. The third-order valence-corrected chi connectivity index (χ3v) is 6.83. The van der Waals surface area contributed by atoms with Crippen LogP contribution >= 0.6 is 26.5 Å². The van der Waals surface area contributed by atoms with E-state index in [-0.39, 0.29) is 23.2 Å². The molecule has 0 amide bonds. The quantitative estimate of drug-likeness (QED) is 0.588. The number of para-hydroxylation sites is 1. The van der Waals surface area contributed by atoms with Gasteiger partial charge < -0.3 is 3.79 Å². The van der Waals surface area contributed by atoms with Crippen LogP contribution in [0.15, 0.2) is 18.2 Å². The third kappa shape index (κ3) is 5.26. The molecule has 1 rings (SSSR count). The maximum absolute atomic E-state index is 6.33. The molecule has 0 aliphatic carbocycles. The van der Waals surface area contributed by atoms with E-state index in [4.69, 9.17) is 3.79 Å². The highest BCUT2D eigenvalue weighted by atomic mass is 79.9. The Kier molecular flexibility index (Phi) is 7.67. The summed E-state index contributed by atoms with van der Waals surface area (Å²) in [6, 6.07) is 6.56. The van der Waals surface area contributed by atoms with Gasteiger partial charge in [0.2, 0.25) is 0 Å². The van der Waals surface area contributed by atoms with E-state index < -0.39 is 12.7 Å². The number of hydrogen-bond donors (Lipinski definition) is 0. The van der Waals surface area contributed by atoms with Gasteiger partial charge in [-0.25, -0.2) is 0 Å². The fourth-order valence-electron chi connectivity index (χ4n) is 2.06. The second-order valence-corrected chi connectivity index (χ2v) is 12.1. The molecule has 1 aromatic rings. The zero-order valence-electron chi connectivity index (χ0n) is 13.7. The van der Waals surface area contributed by atoms with Crippen LogP contribution < -0.4 is 3.79 Å². The van der Waals surface area contributed by atoms with Crippen molar-refractivity contribution in [1.82, 2.24) is 0 Å². The van der Waals surface area contributed by atoms with Crippen LogP contribution in [0.3, 0.4) is 0 Å². The molecule has 0 saturated heterocycles. The van der Waals surface area contributed by atoms with Gasteiger partial charge in [0.25, 0.3) is 0 Å². The summed E-state index contributed by atoms with van der Waals surface area (Å²) in [5.41, 5.74) is 2.83. The highest BCUT2D eigenvalue weighted by molar-refractivity contribution is 9.24. The van der Waals surface area contributed by atoms with Crippen LogP contribution in [-0.2, 0) is 10.8 Å². The lowest BCUT2D eigenvalue weighted by Gasteiger charge is -2.31. The predicted molar refractivity (Wildman–Crippen MR) is 96.9 cm³/mol. The minimum Gasteiger partial charge on any atom is -0.634 e. The summed E-state index contributed by atoms with van der Waals surface area (Å²) in [7, 11) is 0. The average Bonchev–Trinajstić information content (AvgIpc) is 2.26. The Morgan fingerprint density at radius 2 is 1.40 bits per heavy atom. The van der Waals surface area contributed by atoms with E-state index in [0.29, 0.717) is 0 Å². The molecule has 0 aliphatic rings. The van der Waals surface area contributed by atoms with Gasteiger partial charge >= 0.3 is 12.7 Å². The van der Waals surface area contributed by atoms with Gasteiger partial charge in [-0.1, -0.05) is 66.7 Å². The van der Waals surface area contributed by atoms with E-state index in [1.807, 2.05) is 0 Å². The number of rotatable bonds is 3. The Morgan fingerprint density at radius 3 is 1.70 bits per heavy atom. The highest BCUT2D eigenvalue weighted by Crippen LogP contribution is 2.40. The van der Waals surface area contributed by atoms with Crippen molar-refractivity contribution in [3.8, 4) is 5.75 Å². The standard InChI is InChI=1S/C14H22O.C2H5.Al.BrH.ClH/c1-13(2,3)10-8-7-9-11(12(10)15)14(4,5)6;1-2;;;/h7-9,15H,1-6H3;1H2,2H3;;2*1H/q;;+2;;/p-2. The SMILES string of the molecule is C[CH2][Al]([Br])[O]c1c(C(C)(C)C)cccc1C(C)(C)C.Cl. The summed E-state index contributed by atoms with van der Waals surface area (Å²) >= 11 is 2.44. The topological polar surface area (TPSA) is 9.23 Å². The van der Waals surface area contributed by atoms with Crippen molar-refractivity contribution in [2.75, 3.05) is 0 Å². The molecule has 1 nitrogen and oxygen atoms in total. The van der Waals surface area contributed by atoms with Gasteiger partial charge in [0, 0.05) is 0 Å². The molecule has 0 saturated carbocycles. The predicted octanol–water partition coefficient (Wildman–Crippen LogP) is 5.99. The summed E-state index contributed by atoms with van der Waals surface area (Å²) in [4.78, 5) is 0. The van der Waals surface area contributed by atoms with Gasteiger partial charge in [0.05, 0.1) is 5.75 Å². The van der Waals surface area contributed by atoms with E-state index >= 15 is 0 Å². The molecule has 0 bridgehead atoms. The average molecular weight is 378 g/mol. The first-order valence-electron chi connectivity index (χ1n) is 7.02. The molecule has 0 heterocycles. The highest BCUT2D eigenvalue weighted by Gasteiger charge is 2.28. The van der Waals surface area contributed by atoms with Crippen molar-refractivity contribution >= 4 is 39.1 Å². The fraction of sp³-hybridized carbons (Fsp3) is 0.625. The van der Waals surface area contributed by atoms with Crippen LogP contribution in [0.4, 0.5) is 0 Å². The van der Waals surface area contributed by atoms with Crippen LogP contribution in [-0.4, -0.2) is 12.7 Å². The van der Waals surface area contributed by atoms with Crippen molar-refractivity contribution in [3.63, 3.8) is 0 Å². The normalized spacial score (nSPS) is 11.8. The Balaban J connectivity index is 0.00000361. The van der Waals surface area contributed by atoms with E-state index in [0.717, 1.165) is 11.0 Å². The maximum Gasteiger partial charge on any atom is 0.643 e. The van der Waals surface area contributed by atoms with Gasteiger partial charge in [0.1, 0.15) is 0 Å². The smallest absolute Gasteiger partial charge is 0.634 e. The molecule has 1 aromatic carbocycles. The van der Waals surface area contributed by atoms with Crippen molar-refractivity contribution in [3.05, 3.63) is 29.3 Å². The Morgan fingerprint density at radius 1 is 1.00 bits per heavy atom. The maximum atomic E-state index is 6.33. The summed E-state index contributed by atoms with van der Waals surface area (Å²) < 4.78 is 6.33. The Hall–Kier alpha value is 0.322. The van der Waals surface area contributed by atoms with Crippen LogP contribution in [0.5, 0.6) is 5.75 Å². The molecule has 0 aromatic heterocycles. The van der Waals surface area contributed by atoms with E-state index in [2.05, 4.69) is 80.7 Å². The monoisotopic (exact) mass is 376 g/mol. The van der Waals surface area contributed by atoms with Gasteiger partial charge in [-0.3, -0.25) is 0 Å². The molecule has 0 aliphatic heterocycles. The molecule has 4 heteroatoms. The van der Waals surface area contributed by atoms with Crippen molar-refractivity contribution in [2.45, 2.75) is 64.6 Å². The fourth-order valence-corrected chi connectivity index (χ4v) is 3.29. The van der Waals surface area contributed by atoms with Crippen LogP contribution in [0.1, 0.15) is 59.6 Å². The zero-order valence-corrected chi connectivity index (χ0v) is 17.3. The van der Waals surface area contributed by atoms with E-state index in [9.17, 15) is 0 Å². The van der Waals surface area contributed by atoms with Crippen molar-refractivity contribution in [2.24, 2.45) is 0 Å². The molecule has 0 radical (unpaired) electrons. The van der Waals surface area contributed by atoms with Gasteiger partial charge in [0.15, 0.2) is 0 Å². The molecule has 0 unspecified atom stereocenters. The van der Waals surface area contributed by atoms with Gasteiger partial charge in [-0.15, -0.1) is 12.4 Å². The second kappa shape index (κ2) is 7.54. The van der Waals surface area contributed by atoms with Crippen LogP contribution in [0.25, 0.3) is 0 Å². The lowest BCUT2D eigenvalue weighted by Crippen LogP contribution is -2.23. The van der Waals surface area contributed by atoms with Gasteiger partial charge in [-0.05, 0) is 27.2 Å². The number of halogens is 2. The van der Waals surface area contributed by atoms with Gasteiger partial charge in [-0.2, -0.15) is 14.1 Å². The molecule has 0 fully saturated rings. The largest absolute Gasteiger partial charge is 0.643 e. The molecule has 0 spiro atoms. The first-order chi connectivity index (χ1) is 8.57. The van der Waals surface area contributed by atoms with Crippen molar-refractivity contribution < 1.29 is 3.79 Å². The number of benzene rings is 1. The molecular formula is C16H27AlBrClO. The molecule has 0 atom stereocenters. The summed E-state index contributed by atoms with van der Waals surface area (Å²) in [5, 5.41) is 1.09. The minimum atomic E-state index is -1.30. The first-order valence-corrected chi connectivity index (χ1v) is 11.5. The summed E-state index contributed by atoms with van der Waals surface area (Å²) in [5.74, 6) is 1.11. The van der Waals surface area contributed by atoms with E-state index in [1.54, 1.807) is 0 Å². The van der Waals surface area contributed by atoms with Crippen molar-refractivity contribution in [1.29, 1.82) is 0 Å². The third-order valence-electron chi connectivity index (χ3n) is 3.20. The zero-order chi connectivity index (χ0) is 14.8. The second-order valence-electron chi connectivity index (χ2n) is 7.12. The molecule has 20 heavy (non-hydrogen) atoms. The molecule has 114 valence electrons.